The van der Waals surface area contributed by atoms with E-state index in [1.807, 2.05) is 4.90 Å². The van der Waals surface area contributed by atoms with Crippen molar-refractivity contribution in [2.24, 2.45) is 0 Å². The van der Waals surface area contributed by atoms with Gasteiger partial charge in [-0.1, -0.05) is 52.1 Å². The van der Waals surface area contributed by atoms with Crippen LogP contribution in [0.15, 0.2) is 59.3 Å². The van der Waals surface area contributed by atoms with Crippen LogP contribution in [0.4, 0.5) is 5.82 Å². The Balaban J connectivity index is 1.18. The molecule has 0 amide bonds. The fourth-order valence-electron chi connectivity index (χ4n) is 4.78. The number of rotatable bonds is 8. The van der Waals surface area contributed by atoms with Crippen LogP contribution in [0.1, 0.15) is 46.0 Å². The van der Waals surface area contributed by atoms with Crippen molar-refractivity contribution in [1.82, 2.24) is 10.1 Å². The molecule has 1 aliphatic carbocycles. The zero-order valence-corrected chi connectivity index (χ0v) is 22.7. The standard InChI is InChI=1S/C28H22Cl3N3O5/c29-20-2-1-3-21(30)24(20)25-18(26(39-33-25)15-4-5-15)12-38-17-7-8-19(22(31)10-17)28(37)13-34(14-28)23-9-6-16(11-32-23)27(35)36/h1-3,6-11,15,37H,4-5,12-14H2,(H,35,36). The number of nitrogens with zero attached hydrogens (tertiary/aromatic N) is 3. The number of carbonyl (C=O) groups is 1. The largest absolute Gasteiger partial charge is 0.489 e. The normalized spacial score (nSPS) is 16.2. The molecule has 6 rings (SSSR count). The topological polar surface area (TPSA) is 109 Å². The van der Waals surface area contributed by atoms with E-state index in [0.29, 0.717) is 49.4 Å². The monoisotopic (exact) mass is 585 g/mol. The van der Waals surface area contributed by atoms with Crippen molar-refractivity contribution in [2.75, 3.05) is 18.0 Å². The summed E-state index contributed by atoms with van der Waals surface area (Å²) in [5.41, 5.74) is 1.45. The van der Waals surface area contributed by atoms with Crippen molar-refractivity contribution in [2.45, 2.75) is 31.0 Å². The van der Waals surface area contributed by atoms with Crippen molar-refractivity contribution < 1.29 is 24.3 Å². The van der Waals surface area contributed by atoms with Crippen LogP contribution in [-0.4, -0.2) is 39.4 Å². The highest BCUT2D eigenvalue weighted by molar-refractivity contribution is 6.39. The van der Waals surface area contributed by atoms with Gasteiger partial charge in [-0.2, -0.15) is 0 Å². The second kappa shape index (κ2) is 10.0. The number of benzene rings is 2. The summed E-state index contributed by atoms with van der Waals surface area (Å²) in [6.45, 7) is 0.706. The maximum absolute atomic E-state index is 11.2. The van der Waals surface area contributed by atoms with Gasteiger partial charge in [0.25, 0.3) is 0 Å². The molecular weight excluding hydrogens is 565 g/mol. The predicted molar refractivity (Wildman–Crippen MR) is 147 cm³/mol. The maximum Gasteiger partial charge on any atom is 0.337 e. The summed E-state index contributed by atoms with van der Waals surface area (Å²) in [7, 11) is 0. The van der Waals surface area contributed by atoms with E-state index in [9.17, 15) is 9.90 Å². The number of anilines is 1. The molecule has 2 aromatic heterocycles. The number of carboxylic acid groups (broad SMARTS) is 1. The third kappa shape index (κ3) is 4.94. The average molecular weight is 587 g/mol. The molecule has 11 heteroatoms. The van der Waals surface area contributed by atoms with Gasteiger partial charge < -0.3 is 24.4 Å². The SMILES string of the molecule is O=C(O)c1ccc(N2CC(O)(c3ccc(OCc4c(-c5c(Cl)cccc5Cl)noc4C4CC4)cc3Cl)C2)nc1. The summed E-state index contributed by atoms with van der Waals surface area (Å²) in [6.07, 6.45) is 3.34. The molecule has 0 bridgehead atoms. The molecule has 2 N–H and O–H groups in total. The van der Waals surface area contributed by atoms with E-state index < -0.39 is 11.6 Å². The number of β-amino-alcohol motifs (C(OH)–C–C–N with tert-alkyl or cyclic N) is 1. The van der Waals surface area contributed by atoms with Crippen LogP contribution in [0, 0.1) is 0 Å². The van der Waals surface area contributed by atoms with Gasteiger partial charge in [0.05, 0.1) is 39.3 Å². The smallest absolute Gasteiger partial charge is 0.337 e. The Morgan fingerprint density at radius 1 is 1.08 bits per heavy atom. The molecule has 0 atom stereocenters. The molecule has 1 aliphatic heterocycles. The van der Waals surface area contributed by atoms with Gasteiger partial charge in [-0.15, -0.1) is 0 Å². The average Bonchev–Trinajstić information content (AvgIpc) is 3.66. The Kier molecular flexibility index (Phi) is 6.67. The van der Waals surface area contributed by atoms with Crippen molar-refractivity contribution in [1.29, 1.82) is 0 Å². The number of hydrogen-bond donors (Lipinski definition) is 2. The van der Waals surface area contributed by atoms with Crippen molar-refractivity contribution >= 4 is 46.6 Å². The van der Waals surface area contributed by atoms with Crippen LogP contribution in [-0.2, 0) is 12.2 Å². The van der Waals surface area contributed by atoms with E-state index in [1.165, 1.54) is 12.3 Å². The first-order valence-corrected chi connectivity index (χ1v) is 13.4. The summed E-state index contributed by atoms with van der Waals surface area (Å²) in [5, 5.41) is 25.8. The molecule has 1 saturated heterocycles. The molecule has 0 radical (unpaired) electrons. The summed E-state index contributed by atoms with van der Waals surface area (Å²) in [5.74, 6) is 1.13. The fourth-order valence-corrected chi connectivity index (χ4v) is 5.71. The van der Waals surface area contributed by atoms with Gasteiger partial charge in [0.1, 0.15) is 35.2 Å². The second-order valence-electron chi connectivity index (χ2n) is 9.77. The highest BCUT2D eigenvalue weighted by Gasteiger charge is 2.44. The number of carboxylic acids is 1. The van der Waals surface area contributed by atoms with Crippen LogP contribution in [0.2, 0.25) is 15.1 Å². The molecule has 1 saturated carbocycles. The van der Waals surface area contributed by atoms with Crippen LogP contribution in [0.5, 0.6) is 5.75 Å². The number of hydrogen-bond acceptors (Lipinski definition) is 7. The van der Waals surface area contributed by atoms with Crippen molar-refractivity contribution in [3.05, 3.63) is 92.2 Å². The van der Waals surface area contributed by atoms with Crippen LogP contribution < -0.4 is 9.64 Å². The van der Waals surface area contributed by atoms with E-state index in [1.54, 1.807) is 42.5 Å². The zero-order valence-electron chi connectivity index (χ0n) is 20.4. The molecule has 2 fully saturated rings. The molecule has 2 aromatic carbocycles. The Hall–Kier alpha value is -3.30. The maximum atomic E-state index is 11.2. The molecular formula is C28H22Cl3N3O5. The van der Waals surface area contributed by atoms with E-state index in [4.69, 9.17) is 49.2 Å². The highest BCUT2D eigenvalue weighted by Crippen LogP contribution is 2.46. The third-order valence-electron chi connectivity index (χ3n) is 7.02. The van der Waals surface area contributed by atoms with E-state index in [0.717, 1.165) is 24.2 Å². The molecule has 0 spiro atoms. The Bertz CT molecular complexity index is 1540. The first kappa shape index (κ1) is 26.0. The quantitative estimate of drug-likeness (QED) is 0.239. The fraction of sp³-hybridized carbons (Fsp3) is 0.250. The van der Waals surface area contributed by atoms with Crippen LogP contribution in [0.3, 0.4) is 0 Å². The van der Waals surface area contributed by atoms with Gasteiger partial charge >= 0.3 is 5.97 Å². The van der Waals surface area contributed by atoms with Gasteiger partial charge in [0, 0.05) is 23.2 Å². The lowest BCUT2D eigenvalue weighted by Crippen LogP contribution is -2.60. The van der Waals surface area contributed by atoms with E-state index in [-0.39, 0.29) is 25.3 Å². The predicted octanol–water partition coefficient (Wildman–Crippen LogP) is 6.56. The zero-order chi connectivity index (χ0) is 27.3. The number of aromatic carboxylic acids is 1. The number of aromatic nitrogens is 2. The molecule has 2 aliphatic rings. The molecule has 3 heterocycles. The Labute approximate surface area is 238 Å². The molecule has 8 nitrogen and oxygen atoms in total. The van der Waals surface area contributed by atoms with Gasteiger partial charge in [-0.25, -0.2) is 9.78 Å². The first-order valence-electron chi connectivity index (χ1n) is 12.3. The summed E-state index contributed by atoms with van der Waals surface area (Å²) >= 11 is 19.5. The molecule has 39 heavy (non-hydrogen) atoms. The Morgan fingerprint density at radius 3 is 2.44 bits per heavy atom. The van der Waals surface area contributed by atoms with Gasteiger partial charge in [-0.05, 0) is 49.2 Å². The van der Waals surface area contributed by atoms with E-state index in [2.05, 4.69) is 10.1 Å². The Morgan fingerprint density at radius 2 is 1.82 bits per heavy atom. The number of pyridine rings is 1. The lowest BCUT2D eigenvalue weighted by molar-refractivity contribution is 0.00710. The van der Waals surface area contributed by atoms with Gasteiger partial charge in [-0.3, -0.25) is 0 Å². The van der Waals surface area contributed by atoms with Crippen molar-refractivity contribution in [3.63, 3.8) is 0 Å². The van der Waals surface area contributed by atoms with Gasteiger partial charge in [0.15, 0.2) is 0 Å². The van der Waals surface area contributed by atoms with Crippen molar-refractivity contribution in [3.8, 4) is 17.0 Å². The lowest BCUT2D eigenvalue weighted by atomic mass is 9.86. The first-order chi connectivity index (χ1) is 18.7. The van der Waals surface area contributed by atoms with E-state index >= 15 is 0 Å². The summed E-state index contributed by atoms with van der Waals surface area (Å²) in [6, 6.07) is 13.6. The highest BCUT2D eigenvalue weighted by atomic mass is 35.5. The minimum atomic E-state index is -1.18. The molecule has 4 aromatic rings. The molecule has 0 unspecified atom stereocenters. The summed E-state index contributed by atoms with van der Waals surface area (Å²) < 4.78 is 11.8. The minimum Gasteiger partial charge on any atom is -0.489 e. The second-order valence-corrected chi connectivity index (χ2v) is 11.0. The lowest BCUT2D eigenvalue weighted by Gasteiger charge is -2.47. The van der Waals surface area contributed by atoms with Crippen LogP contribution >= 0.6 is 34.8 Å². The minimum absolute atomic E-state index is 0.103. The third-order valence-corrected chi connectivity index (χ3v) is 7.96. The number of ether oxygens (including phenoxy) is 1. The number of aliphatic hydroxyl groups is 1. The van der Waals surface area contributed by atoms with Crippen LogP contribution in [0.25, 0.3) is 11.3 Å². The molecule has 200 valence electrons. The summed E-state index contributed by atoms with van der Waals surface area (Å²) in [4.78, 5) is 17.1. The van der Waals surface area contributed by atoms with Gasteiger partial charge in [0.2, 0.25) is 0 Å². The number of halogens is 3.